The topological polar surface area (TPSA) is 46.2 Å². The molecule has 1 aromatic rings. The minimum absolute atomic E-state index is 0.136. The standard InChI is InChI=1S/C16H23NO2S2/c1-3-16(20-10-7-11-21(16)19)15(18)13(2)12-17-14-8-5-4-6-9-14/h4-6,8-9,13,17H,3,7,10-12H2,1-2H3/t13-,16-,21?/m1/s1. The lowest BCUT2D eigenvalue weighted by Gasteiger charge is -2.35. The van der Waals surface area contributed by atoms with Gasteiger partial charge in [-0.2, -0.15) is 0 Å². The summed E-state index contributed by atoms with van der Waals surface area (Å²) in [5, 5.41) is 3.29. The first-order chi connectivity index (χ1) is 10.1. The minimum Gasteiger partial charge on any atom is -0.384 e. The lowest BCUT2D eigenvalue weighted by Crippen LogP contribution is -2.47. The van der Waals surface area contributed by atoms with Gasteiger partial charge in [-0.05, 0) is 30.7 Å². The molecular weight excluding hydrogens is 302 g/mol. The van der Waals surface area contributed by atoms with E-state index in [-0.39, 0.29) is 11.7 Å². The number of carbonyl (C=O) groups is 1. The Morgan fingerprint density at radius 2 is 2.14 bits per heavy atom. The first-order valence-electron chi connectivity index (χ1n) is 7.46. The van der Waals surface area contributed by atoms with Gasteiger partial charge in [0.15, 0.2) is 5.78 Å². The maximum atomic E-state index is 12.8. The van der Waals surface area contributed by atoms with Crippen molar-refractivity contribution in [1.82, 2.24) is 0 Å². The number of para-hydroxylation sites is 1. The van der Waals surface area contributed by atoms with Crippen LogP contribution in [-0.4, -0.2) is 32.1 Å². The van der Waals surface area contributed by atoms with Crippen LogP contribution < -0.4 is 5.32 Å². The molecule has 116 valence electrons. The Bertz CT molecular complexity index is 506. The van der Waals surface area contributed by atoms with Gasteiger partial charge in [-0.15, -0.1) is 11.8 Å². The molecule has 1 fully saturated rings. The lowest BCUT2D eigenvalue weighted by molar-refractivity contribution is -0.122. The van der Waals surface area contributed by atoms with Gasteiger partial charge in [-0.1, -0.05) is 32.0 Å². The fraction of sp³-hybridized carbons (Fsp3) is 0.562. The quantitative estimate of drug-likeness (QED) is 0.872. The molecule has 1 unspecified atom stereocenters. The summed E-state index contributed by atoms with van der Waals surface area (Å²) in [7, 11) is -1.05. The summed E-state index contributed by atoms with van der Waals surface area (Å²) in [4.78, 5) is 12.8. The number of ketones is 1. The zero-order valence-corrected chi connectivity index (χ0v) is 14.3. The third kappa shape index (κ3) is 3.69. The van der Waals surface area contributed by atoms with Crippen LogP contribution in [0.15, 0.2) is 30.3 Å². The molecule has 5 heteroatoms. The average molecular weight is 325 g/mol. The molecule has 0 aliphatic carbocycles. The van der Waals surface area contributed by atoms with Crippen molar-refractivity contribution in [3.63, 3.8) is 0 Å². The summed E-state index contributed by atoms with van der Waals surface area (Å²) in [5.41, 5.74) is 1.01. The van der Waals surface area contributed by atoms with Gasteiger partial charge in [0.05, 0.1) is 0 Å². The van der Waals surface area contributed by atoms with Crippen molar-refractivity contribution in [2.24, 2.45) is 5.92 Å². The van der Waals surface area contributed by atoms with Crippen molar-refractivity contribution in [3.8, 4) is 0 Å². The predicted octanol–water partition coefficient (Wildman–Crippen LogP) is 3.30. The van der Waals surface area contributed by atoms with Crippen LogP contribution in [0.1, 0.15) is 26.7 Å². The molecule has 0 radical (unpaired) electrons. The summed E-state index contributed by atoms with van der Waals surface area (Å²) in [5.74, 6) is 1.59. The monoisotopic (exact) mass is 325 g/mol. The number of benzene rings is 1. The zero-order chi connectivity index (χ0) is 15.3. The Morgan fingerprint density at radius 1 is 1.43 bits per heavy atom. The SMILES string of the molecule is CC[C@@]1(C(=O)[C@H](C)CNc2ccccc2)SCCCS1=O. The van der Waals surface area contributed by atoms with E-state index in [1.54, 1.807) is 11.8 Å². The second-order valence-electron chi connectivity index (χ2n) is 5.37. The van der Waals surface area contributed by atoms with Gasteiger partial charge in [0, 0.05) is 34.7 Å². The van der Waals surface area contributed by atoms with Gasteiger partial charge < -0.3 is 5.32 Å². The van der Waals surface area contributed by atoms with E-state index in [2.05, 4.69) is 5.32 Å². The molecule has 0 amide bonds. The van der Waals surface area contributed by atoms with Crippen LogP contribution >= 0.6 is 11.8 Å². The van der Waals surface area contributed by atoms with Crippen molar-refractivity contribution in [2.45, 2.75) is 30.8 Å². The first kappa shape index (κ1) is 16.6. The molecule has 3 nitrogen and oxygen atoms in total. The van der Waals surface area contributed by atoms with E-state index in [4.69, 9.17) is 0 Å². The molecule has 0 aromatic heterocycles. The second-order valence-corrected chi connectivity index (χ2v) is 8.82. The Balaban J connectivity index is 2.02. The largest absolute Gasteiger partial charge is 0.384 e. The average Bonchev–Trinajstić information content (AvgIpc) is 2.53. The van der Waals surface area contributed by atoms with Crippen molar-refractivity contribution in [2.75, 3.05) is 23.4 Å². The third-order valence-corrected chi connectivity index (χ3v) is 8.10. The Labute approximate surface area is 133 Å². The molecule has 1 aromatic carbocycles. The van der Waals surface area contributed by atoms with Crippen LogP contribution in [-0.2, 0) is 15.6 Å². The molecule has 1 heterocycles. The van der Waals surface area contributed by atoms with Crippen molar-refractivity contribution >= 4 is 34.0 Å². The van der Waals surface area contributed by atoms with E-state index >= 15 is 0 Å². The first-order valence-corrected chi connectivity index (χ1v) is 9.76. The van der Waals surface area contributed by atoms with E-state index in [0.29, 0.717) is 18.7 Å². The number of hydrogen-bond acceptors (Lipinski definition) is 4. The maximum Gasteiger partial charge on any atom is 0.166 e. The number of hydrogen-bond donors (Lipinski definition) is 1. The van der Waals surface area contributed by atoms with Crippen LogP contribution in [0, 0.1) is 5.92 Å². The summed E-state index contributed by atoms with van der Waals surface area (Å²) >= 11 is 1.60. The van der Waals surface area contributed by atoms with Gasteiger partial charge in [-0.3, -0.25) is 9.00 Å². The molecule has 0 saturated carbocycles. The van der Waals surface area contributed by atoms with Gasteiger partial charge in [0.2, 0.25) is 0 Å². The van der Waals surface area contributed by atoms with E-state index < -0.39 is 14.9 Å². The normalized spacial score (nSPS) is 27.0. The van der Waals surface area contributed by atoms with Crippen LogP contribution in [0.2, 0.25) is 0 Å². The summed E-state index contributed by atoms with van der Waals surface area (Å²) in [6.45, 7) is 4.50. The maximum absolute atomic E-state index is 12.8. The Kier molecular flexibility index (Phi) is 5.88. The van der Waals surface area contributed by atoms with Crippen molar-refractivity contribution < 1.29 is 9.00 Å². The molecule has 21 heavy (non-hydrogen) atoms. The predicted molar refractivity (Wildman–Crippen MR) is 92.2 cm³/mol. The highest BCUT2D eigenvalue weighted by atomic mass is 32.2. The third-order valence-electron chi connectivity index (χ3n) is 3.85. The molecule has 2 rings (SSSR count). The summed E-state index contributed by atoms with van der Waals surface area (Å²) < 4.78 is 11.7. The smallest absolute Gasteiger partial charge is 0.166 e. The highest BCUT2D eigenvalue weighted by molar-refractivity contribution is 8.14. The molecule has 3 atom stereocenters. The Hall–Kier alpha value is -0.810. The van der Waals surface area contributed by atoms with Gasteiger partial charge in [0.25, 0.3) is 0 Å². The number of rotatable bonds is 6. The molecule has 0 spiro atoms. The molecular formula is C16H23NO2S2. The number of thioether (sulfide) groups is 1. The molecule has 1 aliphatic heterocycles. The highest BCUT2D eigenvalue weighted by Gasteiger charge is 2.46. The van der Waals surface area contributed by atoms with Crippen LogP contribution in [0.3, 0.4) is 0 Å². The van der Waals surface area contributed by atoms with Gasteiger partial charge in [0.1, 0.15) is 4.08 Å². The number of anilines is 1. The fourth-order valence-corrected chi connectivity index (χ4v) is 6.43. The molecule has 1 N–H and O–H groups in total. The van der Waals surface area contributed by atoms with Crippen LogP contribution in [0.25, 0.3) is 0 Å². The van der Waals surface area contributed by atoms with E-state index in [1.165, 1.54) is 0 Å². The van der Waals surface area contributed by atoms with Crippen LogP contribution in [0.5, 0.6) is 0 Å². The Morgan fingerprint density at radius 3 is 2.76 bits per heavy atom. The molecule has 1 aliphatic rings. The molecule has 0 bridgehead atoms. The number of nitrogens with one attached hydrogen (secondary N) is 1. The van der Waals surface area contributed by atoms with E-state index in [0.717, 1.165) is 17.9 Å². The number of carbonyl (C=O) groups excluding carboxylic acids is 1. The lowest BCUT2D eigenvalue weighted by atomic mass is 10.0. The van der Waals surface area contributed by atoms with E-state index in [1.807, 2.05) is 44.2 Å². The second kappa shape index (κ2) is 7.45. The fourth-order valence-electron chi connectivity index (χ4n) is 2.57. The van der Waals surface area contributed by atoms with E-state index in [9.17, 15) is 9.00 Å². The summed E-state index contributed by atoms with van der Waals surface area (Å²) in [6, 6.07) is 9.87. The summed E-state index contributed by atoms with van der Waals surface area (Å²) in [6.07, 6.45) is 1.60. The van der Waals surface area contributed by atoms with Gasteiger partial charge in [-0.25, -0.2) is 0 Å². The van der Waals surface area contributed by atoms with Crippen molar-refractivity contribution in [1.29, 1.82) is 0 Å². The van der Waals surface area contributed by atoms with Crippen molar-refractivity contribution in [3.05, 3.63) is 30.3 Å². The highest BCUT2D eigenvalue weighted by Crippen LogP contribution is 2.40. The molecule has 1 saturated heterocycles. The van der Waals surface area contributed by atoms with Gasteiger partial charge >= 0.3 is 0 Å². The number of Topliss-reactive ketones (excluding diaryl/α,β-unsaturated/α-hetero) is 1. The minimum atomic E-state index is -1.05. The van der Waals surface area contributed by atoms with Crippen LogP contribution in [0.4, 0.5) is 5.69 Å². The zero-order valence-electron chi connectivity index (χ0n) is 12.6.